The number of nitrogens with zero attached hydrogens (tertiary/aromatic N) is 1. The van der Waals surface area contributed by atoms with Crippen molar-refractivity contribution in [2.75, 3.05) is 13.6 Å². The molecule has 0 fully saturated rings. The van der Waals surface area contributed by atoms with Crippen molar-refractivity contribution in [1.82, 2.24) is 10.2 Å². The lowest BCUT2D eigenvalue weighted by Gasteiger charge is -2.31. The molecule has 2 unspecified atom stereocenters. The molecule has 0 amide bonds. The molecular weight excluding hydrogens is 240 g/mol. The van der Waals surface area contributed by atoms with Gasteiger partial charge < -0.3 is 5.32 Å². The summed E-state index contributed by atoms with van der Waals surface area (Å²) in [5.74, 6) is 0. The molecule has 1 N–H and O–H groups in total. The fraction of sp³-hybridized carbons (Fsp3) is 0.733. The first kappa shape index (κ1) is 15.7. The fourth-order valence-corrected chi connectivity index (χ4v) is 2.81. The predicted octanol–water partition coefficient (Wildman–Crippen LogP) is 3.91. The highest BCUT2D eigenvalue weighted by atomic mass is 32.1. The molecule has 0 aliphatic heterocycles. The Labute approximate surface area is 116 Å². The van der Waals surface area contributed by atoms with Gasteiger partial charge >= 0.3 is 0 Å². The molecule has 0 aromatic carbocycles. The molecule has 0 spiro atoms. The first-order valence-corrected chi connectivity index (χ1v) is 7.69. The van der Waals surface area contributed by atoms with Crippen LogP contribution in [-0.4, -0.2) is 30.1 Å². The van der Waals surface area contributed by atoms with Crippen molar-refractivity contribution in [1.29, 1.82) is 0 Å². The number of rotatable bonds is 6. The van der Waals surface area contributed by atoms with Crippen LogP contribution in [0.5, 0.6) is 0 Å². The molecule has 0 saturated heterocycles. The highest BCUT2D eigenvalue weighted by Gasteiger charge is 2.18. The van der Waals surface area contributed by atoms with Gasteiger partial charge in [0.05, 0.1) is 0 Å². The number of hydrogen-bond donors (Lipinski definition) is 1. The van der Waals surface area contributed by atoms with Crippen LogP contribution in [-0.2, 0) is 0 Å². The standard InChI is InChI=1S/C15H28N2S/c1-12(9-10-16-15(3,4)5)17(6)13(2)14-8-7-11-18-14/h7-8,11-13,16H,9-10H2,1-6H3. The molecule has 0 radical (unpaired) electrons. The fourth-order valence-electron chi connectivity index (χ4n) is 1.97. The zero-order valence-electron chi connectivity index (χ0n) is 12.7. The molecule has 2 nitrogen and oxygen atoms in total. The van der Waals surface area contributed by atoms with Gasteiger partial charge in [-0.1, -0.05) is 6.07 Å². The summed E-state index contributed by atoms with van der Waals surface area (Å²) in [6.07, 6.45) is 1.18. The summed E-state index contributed by atoms with van der Waals surface area (Å²) in [7, 11) is 2.23. The summed E-state index contributed by atoms with van der Waals surface area (Å²) in [6, 6.07) is 5.47. The van der Waals surface area contributed by atoms with E-state index in [0.29, 0.717) is 12.1 Å². The lowest BCUT2D eigenvalue weighted by atomic mass is 10.1. The Morgan fingerprint density at radius 2 is 2.00 bits per heavy atom. The Morgan fingerprint density at radius 1 is 1.33 bits per heavy atom. The molecule has 0 aliphatic carbocycles. The largest absolute Gasteiger partial charge is 0.312 e. The minimum Gasteiger partial charge on any atom is -0.312 e. The second-order valence-corrected chi connectivity index (χ2v) is 7.15. The first-order chi connectivity index (χ1) is 8.31. The van der Waals surface area contributed by atoms with Gasteiger partial charge in [0.2, 0.25) is 0 Å². The van der Waals surface area contributed by atoms with E-state index >= 15 is 0 Å². The summed E-state index contributed by atoms with van der Waals surface area (Å²) in [6.45, 7) is 12.3. The number of hydrogen-bond acceptors (Lipinski definition) is 3. The van der Waals surface area contributed by atoms with Crippen LogP contribution < -0.4 is 5.32 Å². The maximum absolute atomic E-state index is 3.56. The third-order valence-electron chi connectivity index (χ3n) is 3.48. The van der Waals surface area contributed by atoms with Crippen LogP contribution in [0.1, 0.15) is 52.0 Å². The van der Waals surface area contributed by atoms with Gasteiger partial charge in [-0.15, -0.1) is 11.3 Å². The topological polar surface area (TPSA) is 15.3 Å². The molecular formula is C15H28N2S. The Morgan fingerprint density at radius 3 is 2.50 bits per heavy atom. The molecule has 0 bridgehead atoms. The molecule has 0 aliphatic rings. The van der Waals surface area contributed by atoms with Gasteiger partial charge in [-0.2, -0.15) is 0 Å². The van der Waals surface area contributed by atoms with Gasteiger partial charge in [0.15, 0.2) is 0 Å². The summed E-state index contributed by atoms with van der Waals surface area (Å²) < 4.78 is 0. The number of thiophene rings is 1. The van der Waals surface area contributed by atoms with Gasteiger partial charge in [-0.25, -0.2) is 0 Å². The van der Waals surface area contributed by atoms with E-state index in [1.54, 1.807) is 0 Å². The van der Waals surface area contributed by atoms with Crippen molar-refractivity contribution in [3.63, 3.8) is 0 Å². The molecule has 2 atom stereocenters. The predicted molar refractivity (Wildman–Crippen MR) is 82.3 cm³/mol. The molecule has 1 aromatic rings. The maximum Gasteiger partial charge on any atom is 0.0413 e. The molecule has 1 rings (SSSR count). The monoisotopic (exact) mass is 268 g/mol. The van der Waals surface area contributed by atoms with E-state index < -0.39 is 0 Å². The highest BCUT2D eigenvalue weighted by Crippen LogP contribution is 2.25. The molecule has 1 heterocycles. The van der Waals surface area contributed by atoms with Crippen molar-refractivity contribution in [3.8, 4) is 0 Å². The van der Waals surface area contributed by atoms with Gasteiger partial charge in [0, 0.05) is 22.5 Å². The minimum atomic E-state index is 0.220. The van der Waals surface area contributed by atoms with E-state index in [4.69, 9.17) is 0 Å². The Hall–Kier alpha value is -0.380. The molecule has 104 valence electrons. The van der Waals surface area contributed by atoms with Crippen molar-refractivity contribution >= 4 is 11.3 Å². The molecule has 3 heteroatoms. The van der Waals surface area contributed by atoms with Crippen LogP contribution in [0.4, 0.5) is 0 Å². The van der Waals surface area contributed by atoms with Crippen LogP contribution in [0.3, 0.4) is 0 Å². The summed E-state index contributed by atoms with van der Waals surface area (Å²) >= 11 is 1.85. The summed E-state index contributed by atoms with van der Waals surface area (Å²) in [4.78, 5) is 3.92. The van der Waals surface area contributed by atoms with Gasteiger partial charge in [0.1, 0.15) is 0 Å². The minimum absolute atomic E-state index is 0.220. The highest BCUT2D eigenvalue weighted by molar-refractivity contribution is 7.10. The zero-order chi connectivity index (χ0) is 13.8. The van der Waals surface area contributed by atoms with Crippen molar-refractivity contribution in [3.05, 3.63) is 22.4 Å². The average molecular weight is 268 g/mol. The van der Waals surface area contributed by atoms with Crippen molar-refractivity contribution in [2.24, 2.45) is 0 Å². The Bertz CT molecular complexity index is 327. The van der Waals surface area contributed by atoms with E-state index in [1.165, 1.54) is 11.3 Å². The molecule has 18 heavy (non-hydrogen) atoms. The smallest absolute Gasteiger partial charge is 0.0413 e. The van der Waals surface area contributed by atoms with Gasteiger partial charge in [-0.3, -0.25) is 4.90 Å². The van der Waals surface area contributed by atoms with E-state index in [-0.39, 0.29) is 5.54 Å². The zero-order valence-corrected chi connectivity index (χ0v) is 13.5. The second kappa shape index (κ2) is 6.69. The maximum atomic E-state index is 3.56. The molecule has 1 aromatic heterocycles. The van der Waals surface area contributed by atoms with Crippen LogP contribution in [0, 0.1) is 0 Å². The van der Waals surface area contributed by atoms with E-state index in [9.17, 15) is 0 Å². The van der Waals surface area contributed by atoms with E-state index in [2.05, 4.69) is 69.4 Å². The normalized spacial score (nSPS) is 15.9. The Balaban J connectivity index is 2.39. The van der Waals surface area contributed by atoms with Crippen LogP contribution in [0.2, 0.25) is 0 Å². The van der Waals surface area contributed by atoms with Crippen molar-refractivity contribution in [2.45, 2.75) is 58.7 Å². The Kier molecular flexibility index (Phi) is 5.83. The van der Waals surface area contributed by atoms with Gasteiger partial charge in [-0.05, 0) is 66.1 Å². The summed E-state index contributed by atoms with van der Waals surface area (Å²) in [5.41, 5.74) is 0.220. The van der Waals surface area contributed by atoms with E-state index in [1.807, 2.05) is 11.3 Å². The number of nitrogens with one attached hydrogen (secondary N) is 1. The van der Waals surface area contributed by atoms with Crippen LogP contribution in [0.25, 0.3) is 0 Å². The van der Waals surface area contributed by atoms with E-state index in [0.717, 1.165) is 6.54 Å². The van der Waals surface area contributed by atoms with Crippen LogP contribution in [0.15, 0.2) is 17.5 Å². The first-order valence-electron chi connectivity index (χ1n) is 6.81. The second-order valence-electron chi connectivity index (χ2n) is 6.17. The third-order valence-corrected chi connectivity index (χ3v) is 4.52. The van der Waals surface area contributed by atoms with Crippen LogP contribution >= 0.6 is 11.3 Å². The third kappa shape index (κ3) is 5.09. The lowest BCUT2D eigenvalue weighted by molar-refractivity contribution is 0.187. The SMILES string of the molecule is CC(CCNC(C)(C)C)N(C)C(C)c1cccs1. The average Bonchev–Trinajstić information content (AvgIpc) is 2.78. The summed E-state index contributed by atoms with van der Waals surface area (Å²) in [5, 5.41) is 5.72. The lowest BCUT2D eigenvalue weighted by Crippen LogP contribution is -2.40. The molecule has 0 saturated carbocycles. The van der Waals surface area contributed by atoms with Crippen molar-refractivity contribution < 1.29 is 0 Å². The quantitative estimate of drug-likeness (QED) is 0.841. The van der Waals surface area contributed by atoms with Gasteiger partial charge in [0.25, 0.3) is 0 Å².